The van der Waals surface area contributed by atoms with Crippen LogP contribution in [0.15, 0.2) is 54.1 Å². The van der Waals surface area contributed by atoms with E-state index < -0.39 is 17.7 Å². The highest BCUT2D eigenvalue weighted by Crippen LogP contribution is 2.39. The fourth-order valence-corrected chi connectivity index (χ4v) is 3.56. The Balaban J connectivity index is 2.02. The molecule has 1 aliphatic rings. The molecule has 1 aliphatic heterocycles. The zero-order chi connectivity index (χ0) is 23.3. The van der Waals surface area contributed by atoms with Crippen molar-refractivity contribution >= 4 is 17.4 Å². The van der Waals surface area contributed by atoms with Gasteiger partial charge in [0.15, 0.2) is 0 Å². The summed E-state index contributed by atoms with van der Waals surface area (Å²) in [5.74, 6) is 0.0955. The third kappa shape index (κ3) is 4.94. The van der Waals surface area contributed by atoms with Crippen molar-refractivity contribution < 1.29 is 28.9 Å². The van der Waals surface area contributed by atoms with Crippen molar-refractivity contribution in [3.05, 3.63) is 65.2 Å². The number of methoxy groups -OCH3 is 2. The maximum atomic E-state index is 12.9. The Hall–Kier alpha value is -3.32. The summed E-state index contributed by atoms with van der Waals surface area (Å²) in [6.07, 6.45) is 0. The lowest BCUT2D eigenvalue weighted by Gasteiger charge is -2.25. The average Bonchev–Trinajstić information content (AvgIpc) is 3.06. The Morgan fingerprint density at radius 1 is 1.00 bits per heavy atom. The minimum Gasteiger partial charge on any atom is -0.507 e. The van der Waals surface area contributed by atoms with E-state index in [9.17, 15) is 14.7 Å². The van der Waals surface area contributed by atoms with Crippen molar-refractivity contribution in [1.82, 2.24) is 4.90 Å². The molecule has 32 heavy (non-hydrogen) atoms. The maximum Gasteiger partial charge on any atom is 0.295 e. The first-order chi connectivity index (χ1) is 15.4. The van der Waals surface area contributed by atoms with Gasteiger partial charge in [0.2, 0.25) is 0 Å². The molecule has 170 valence electrons. The van der Waals surface area contributed by atoms with Crippen LogP contribution in [0, 0.1) is 5.92 Å². The summed E-state index contributed by atoms with van der Waals surface area (Å²) in [5.41, 5.74) is 1.18. The van der Waals surface area contributed by atoms with E-state index in [0.29, 0.717) is 35.2 Å². The molecule has 0 radical (unpaired) electrons. The van der Waals surface area contributed by atoms with Gasteiger partial charge < -0.3 is 24.2 Å². The quantitative estimate of drug-likeness (QED) is 0.363. The van der Waals surface area contributed by atoms with Gasteiger partial charge in [-0.05, 0) is 47.9 Å². The summed E-state index contributed by atoms with van der Waals surface area (Å²) in [7, 11) is 3.09. The molecule has 7 heteroatoms. The molecule has 3 rings (SSSR count). The van der Waals surface area contributed by atoms with Gasteiger partial charge in [-0.1, -0.05) is 26.0 Å². The molecule has 0 spiro atoms. The summed E-state index contributed by atoms with van der Waals surface area (Å²) >= 11 is 0. The average molecular weight is 440 g/mol. The number of aliphatic hydroxyl groups is 1. The van der Waals surface area contributed by atoms with E-state index in [1.807, 2.05) is 0 Å². The Bertz CT molecular complexity index is 978. The standard InChI is InChI=1S/C25H29NO6/c1-16(2)15-32-20-11-7-18(8-12-20)23(27)21-22(17-5-9-19(31-4)10-6-17)26(13-14-30-3)25(29)24(21)28/h5-12,16,22,27H,13-15H2,1-4H3/b23-21-. The predicted molar refractivity (Wildman–Crippen MR) is 121 cm³/mol. The molecule has 2 aromatic rings. The van der Waals surface area contributed by atoms with E-state index in [0.717, 1.165) is 0 Å². The van der Waals surface area contributed by atoms with Crippen molar-refractivity contribution in [2.24, 2.45) is 5.92 Å². The summed E-state index contributed by atoms with van der Waals surface area (Å²) in [6, 6.07) is 13.2. The molecule has 0 saturated carbocycles. The van der Waals surface area contributed by atoms with Crippen LogP contribution >= 0.6 is 0 Å². The van der Waals surface area contributed by atoms with E-state index in [1.165, 1.54) is 12.0 Å². The van der Waals surface area contributed by atoms with Crippen molar-refractivity contribution in [3.63, 3.8) is 0 Å². The van der Waals surface area contributed by atoms with Gasteiger partial charge >= 0.3 is 0 Å². The fraction of sp³-hybridized carbons (Fsp3) is 0.360. The minimum absolute atomic E-state index is 0.0483. The molecular weight excluding hydrogens is 410 g/mol. The van der Waals surface area contributed by atoms with E-state index in [-0.39, 0.29) is 24.5 Å². The molecule has 1 amide bonds. The molecule has 1 saturated heterocycles. The van der Waals surface area contributed by atoms with Crippen molar-refractivity contribution in [3.8, 4) is 11.5 Å². The van der Waals surface area contributed by atoms with E-state index in [1.54, 1.807) is 55.6 Å². The molecule has 1 fully saturated rings. The fourth-order valence-electron chi connectivity index (χ4n) is 3.56. The molecule has 0 aromatic heterocycles. The van der Waals surface area contributed by atoms with Crippen molar-refractivity contribution in [2.75, 3.05) is 34.0 Å². The zero-order valence-corrected chi connectivity index (χ0v) is 18.8. The van der Waals surface area contributed by atoms with Crippen LogP contribution in [0.25, 0.3) is 5.76 Å². The molecule has 0 aliphatic carbocycles. The normalized spacial score (nSPS) is 17.8. The number of hydrogen-bond acceptors (Lipinski definition) is 6. The van der Waals surface area contributed by atoms with Crippen LogP contribution < -0.4 is 9.47 Å². The second-order valence-corrected chi connectivity index (χ2v) is 7.99. The second-order valence-electron chi connectivity index (χ2n) is 7.99. The summed E-state index contributed by atoms with van der Waals surface area (Å²) in [6.45, 7) is 5.18. The Morgan fingerprint density at radius 2 is 1.62 bits per heavy atom. The van der Waals surface area contributed by atoms with Gasteiger partial charge in [-0.3, -0.25) is 9.59 Å². The van der Waals surface area contributed by atoms with Crippen molar-refractivity contribution in [1.29, 1.82) is 0 Å². The monoisotopic (exact) mass is 439 g/mol. The number of amides is 1. The summed E-state index contributed by atoms with van der Waals surface area (Å²) < 4.78 is 16.0. The molecule has 7 nitrogen and oxygen atoms in total. The Morgan fingerprint density at radius 3 is 2.19 bits per heavy atom. The highest BCUT2D eigenvalue weighted by molar-refractivity contribution is 6.46. The van der Waals surface area contributed by atoms with Crippen LogP contribution in [0.2, 0.25) is 0 Å². The number of ketones is 1. The van der Waals surface area contributed by atoms with Gasteiger partial charge in [-0.2, -0.15) is 0 Å². The molecule has 2 aromatic carbocycles. The number of carbonyl (C=O) groups excluding carboxylic acids is 2. The van der Waals surface area contributed by atoms with Crippen LogP contribution in [-0.4, -0.2) is 55.7 Å². The summed E-state index contributed by atoms with van der Waals surface area (Å²) in [4.78, 5) is 27.2. The third-order valence-electron chi connectivity index (χ3n) is 5.22. The van der Waals surface area contributed by atoms with Gasteiger partial charge in [0.05, 0.1) is 31.9 Å². The minimum atomic E-state index is -0.729. The van der Waals surface area contributed by atoms with Gasteiger partial charge in [0.25, 0.3) is 11.7 Å². The number of Topliss-reactive ketones (excluding diaryl/α,β-unsaturated/α-hetero) is 1. The lowest BCUT2D eigenvalue weighted by molar-refractivity contribution is -0.140. The Kier molecular flexibility index (Phi) is 7.53. The number of benzene rings is 2. The number of ether oxygens (including phenoxy) is 3. The first kappa shape index (κ1) is 23.3. The maximum absolute atomic E-state index is 12.9. The molecule has 1 heterocycles. The number of hydrogen-bond donors (Lipinski definition) is 1. The number of rotatable bonds is 9. The smallest absolute Gasteiger partial charge is 0.295 e. The number of likely N-dealkylation sites (tertiary alicyclic amines) is 1. The van der Waals surface area contributed by atoms with E-state index in [2.05, 4.69) is 13.8 Å². The van der Waals surface area contributed by atoms with Crippen LogP contribution in [0.4, 0.5) is 0 Å². The molecule has 0 bridgehead atoms. The first-order valence-corrected chi connectivity index (χ1v) is 10.5. The first-order valence-electron chi connectivity index (χ1n) is 10.5. The highest BCUT2D eigenvalue weighted by atomic mass is 16.5. The number of aliphatic hydroxyl groups excluding tert-OH is 1. The largest absolute Gasteiger partial charge is 0.507 e. The Labute approximate surface area is 188 Å². The van der Waals surface area contributed by atoms with Gasteiger partial charge in [0, 0.05) is 19.2 Å². The molecular formula is C25H29NO6. The predicted octanol–water partition coefficient (Wildman–Crippen LogP) is 3.80. The zero-order valence-electron chi connectivity index (χ0n) is 18.8. The van der Waals surface area contributed by atoms with Crippen molar-refractivity contribution in [2.45, 2.75) is 19.9 Å². The van der Waals surface area contributed by atoms with Crippen LogP contribution in [0.1, 0.15) is 31.0 Å². The lowest BCUT2D eigenvalue weighted by Crippen LogP contribution is -2.32. The van der Waals surface area contributed by atoms with Gasteiger partial charge in [-0.15, -0.1) is 0 Å². The topological polar surface area (TPSA) is 85.3 Å². The third-order valence-corrected chi connectivity index (χ3v) is 5.22. The van der Waals surface area contributed by atoms with Gasteiger partial charge in [-0.25, -0.2) is 0 Å². The lowest BCUT2D eigenvalue weighted by atomic mass is 9.95. The second kappa shape index (κ2) is 10.3. The molecule has 1 N–H and O–H groups in total. The van der Waals surface area contributed by atoms with Crippen LogP contribution in [-0.2, 0) is 14.3 Å². The van der Waals surface area contributed by atoms with E-state index >= 15 is 0 Å². The van der Waals surface area contributed by atoms with Crippen LogP contribution in [0.3, 0.4) is 0 Å². The SMILES string of the molecule is COCCN1C(=O)C(=O)/C(=C(\O)c2ccc(OCC(C)C)cc2)C1c1ccc(OC)cc1. The highest BCUT2D eigenvalue weighted by Gasteiger charge is 2.45. The van der Waals surface area contributed by atoms with E-state index in [4.69, 9.17) is 14.2 Å². The number of carbonyl (C=O) groups is 2. The molecule has 1 unspecified atom stereocenters. The molecule has 1 atom stereocenters. The van der Waals surface area contributed by atoms with Gasteiger partial charge in [0.1, 0.15) is 17.3 Å². The van der Waals surface area contributed by atoms with Crippen LogP contribution in [0.5, 0.6) is 11.5 Å². The summed E-state index contributed by atoms with van der Waals surface area (Å²) in [5, 5.41) is 11.1. The number of nitrogens with zero attached hydrogens (tertiary/aromatic N) is 1.